The molecule has 1 aromatic heterocycles. The van der Waals surface area contributed by atoms with Crippen molar-refractivity contribution in [1.82, 2.24) is 9.62 Å². The third kappa shape index (κ3) is 5.07. The number of sulfonamides is 1. The van der Waals surface area contributed by atoms with E-state index in [9.17, 15) is 8.42 Å². The molecule has 0 aliphatic rings. The maximum Gasteiger partial charge on any atom is 0.252 e. The summed E-state index contributed by atoms with van der Waals surface area (Å²) in [6.45, 7) is 5.40. The zero-order valence-corrected chi connectivity index (χ0v) is 14.3. The summed E-state index contributed by atoms with van der Waals surface area (Å²) in [5, 5.41) is 3.29. The van der Waals surface area contributed by atoms with Gasteiger partial charge in [0, 0.05) is 36.8 Å². The summed E-state index contributed by atoms with van der Waals surface area (Å²) in [5.41, 5.74) is 0. The average molecular weight is 323 g/mol. The van der Waals surface area contributed by atoms with Crippen molar-refractivity contribution in [1.29, 1.82) is 0 Å². The SMILES string of the molecule is CSCCN(C)S(=O)(=O)c1ccc(CNC(C)C)s1. The highest BCUT2D eigenvalue weighted by atomic mass is 32.2. The van der Waals surface area contributed by atoms with Gasteiger partial charge in [0.15, 0.2) is 0 Å². The van der Waals surface area contributed by atoms with Crippen LogP contribution in [0.4, 0.5) is 0 Å². The van der Waals surface area contributed by atoms with Gasteiger partial charge in [-0.25, -0.2) is 8.42 Å². The Labute approximate surface area is 124 Å². The third-order valence-electron chi connectivity index (χ3n) is 2.60. The van der Waals surface area contributed by atoms with Crippen LogP contribution < -0.4 is 5.32 Å². The van der Waals surface area contributed by atoms with E-state index in [2.05, 4.69) is 19.2 Å². The largest absolute Gasteiger partial charge is 0.310 e. The van der Waals surface area contributed by atoms with Gasteiger partial charge in [0.25, 0.3) is 10.0 Å². The minimum Gasteiger partial charge on any atom is -0.310 e. The van der Waals surface area contributed by atoms with Crippen LogP contribution in [-0.2, 0) is 16.6 Å². The van der Waals surface area contributed by atoms with Crippen LogP contribution in [0.15, 0.2) is 16.3 Å². The van der Waals surface area contributed by atoms with E-state index in [0.717, 1.165) is 10.6 Å². The molecule has 0 saturated heterocycles. The van der Waals surface area contributed by atoms with Crippen molar-refractivity contribution in [2.75, 3.05) is 25.6 Å². The molecule has 1 rings (SSSR count). The number of hydrogen-bond acceptors (Lipinski definition) is 5. The molecule has 0 fully saturated rings. The van der Waals surface area contributed by atoms with Crippen LogP contribution in [0.5, 0.6) is 0 Å². The molecular formula is C12H22N2O2S3. The lowest BCUT2D eigenvalue weighted by Crippen LogP contribution is -2.28. The predicted octanol–water partition coefficient (Wildman–Crippen LogP) is 2.23. The molecule has 7 heteroatoms. The number of thiophene rings is 1. The number of nitrogens with zero attached hydrogens (tertiary/aromatic N) is 1. The molecule has 0 radical (unpaired) electrons. The van der Waals surface area contributed by atoms with E-state index in [1.807, 2.05) is 12.3 Å². The fraction of sp³-hybridized carbons (Fsp3) is 0.667. The van der Waals surface area contributed by atoms with E-state index in [0.29, 0.717) is 23.3 Å². The summed E-state index contributed by atoms with van der Waals surface area (Å²) in [6, 6.07) is 3.98. The standard InChI is InChI=1S/C12H22N2O2S3/c1-10(2)13-9-11-5-6-12(18-11)19(15,16)14(3)7-8-17-4/h5-6,10,13H,7-9H2,1-4H3. The van der Waals surface area contributed by atoms with Crippen LogP contribution in [0.25, 0.3) is 0 Å². The molecule has 0 unspecified atom stereocenters. The molecule has 0 aliphatic carbocycles. The second kappa shape index (κ2) is 7.64. The Balaban J connectivity index is 2.73. The lowest BCUT2D eigenvalue weighted by molar-refractivity contribution is 0.490. The quantitative estimate of drug-likeness (QED) is 0.797. The molecule has 0 bridgehead atoms. The fourth-order valence-corrected chi connectivity index (χ4v) is 4.65. The van der Waals surface area contributed by atoms with Crippen LogP contribution in [0.1, 0.15) is 18.7 Å². The van der Waals surface area contributed by atoms with Crippen molar-refractivity contribution >= 4 is 33.1 Å². The van der Waals surface area contributed by atoms with Gasteiger partial charge in [-0.1, -0.05) is 13.8 Å². The lowest BCUT2D eigenvalue weighted by Gasteiger charge is -2.15. The molecule has 19 heavy (non-hydrogen) atoms. The molecule has 0 spiro atoms. The van der Waals surface area contributed by atoms with Gasteiger partial charge in [-0.15, -0.1) is 11.3 Å². The monoisotopic (exact) mass is 322 g/mol. The van der Waals surface area contributed by atoms with Crippen LogP contribution >= 0.6 is 23.1 Å². The topological polar surface area (TPSA) is 49.4 Å². The molecule has 0 aliphatic heterocycles. The molecule has 0 saturated carbocycles. The predicted molar refractivity (Wildman–Crippen MR) is 84.5 cm³/mol. The molecule has 0 amide bonds. The van der Waals surface area contributed by atoms with Crippen molar-refractivity contribution in [2.24, 2.45) is 0 Å². The van der Waals surface area contributed by atoms with Gasteiger partial charge in [0.2, 0.25) is 0 Å². The number of rotatable bonds is 8. The Morgan fingerprint density at radius 1 is 1.42 bits per heavy atom. The Morgan fingerprint density at radius 3 is 2.68 bits per heavy atom. The Hall–Kier alpha value is -0.0800. The van der Waals surface area contributed by atoms with Crippen molar-refractivity contribution in [3.8, 4) is 0 Å². The number of nitrogens with one attached hydrogen (secondary N) is 1. The zero-order chi connectivity index (χ0) is 14.5. The zero-order valence-electron chi connectivity index (χ0n) is 11.8. The highest BCUT2D eigenvalue weighted by Gasteiger charge is 2.22. The molecular weight excluding hydrogens is 300 g/mol. The summed E-state index contributed by atoms with van der Waals surface area (Å²) in [7, 11) is -1.68. The Morgan fingerprint density at radius 2 is 2.11 bits per heavy atom. The molecule has 0 atom stereocenters. The minimum atomic E-state index is -3.32. The molecule has 1 N–H and O–H groups in total. The van der Waals surface area contributed by atoms with Crippen molar-refractivity contribution in [3.05, 3.63) is 17.0 Å². The molecule has 0 aromatic carbocycles. The van der Waals surface area contributed by atoms with E-state index in [1.54, 1.807) is 24.9 Å². The summed E-state index contributed by atoms with van der Waals surface area (Å²) >= 11 is 2.99. The maximum atomic E-state index is 12.3. The minimum absolute atomic E-state index is 0.395. The van der Waals surface area contributed by atoms with E-state index >= 15 is 0 Å². The lowest BCUT2D eigenvalue weighted by atomic mass is 10.4. The van der Waals surface area contributed by atoms with Crippen molar-refractivity contribution < 1.29 is 8.42 Å². The second-order valence-corrected chi connectivity index (χ2v) is 9.00. The van der Waals surface area contributed by atoms with Crippen LogP contribution in [0.3, 0.4) is 0 Å². The Bertz CT molecular complexity index is 483. The summed E-state index contributed by atoms with van der Waals surface area (Å²) in [6.07, 6.45) is 1.97. The van der Waals surface area contributed by atoms with E-state index < -0.39 is 10.0 Å². The van der Waals surface area contributed by atoms with Gasteiger partial charge in [0.1, 0.15) is 4.21 Å². The Kier molecular flexibility index (Phi) is 6.82. The summed E-state index contributed by atoms with van der Waals surface area (Å²) in [5.74, 6) is 0.808. The van der Waals surface area contributed by atoms with E-state index in [4.69, 9.17) is 0 Å². The van der Waals surface area contributed by atoms with Gasteiger partial charge < -0.3 is 5.32 Å². The van der Waals surface area contributed by atoms with Crippen LogP contribution in [0, 0.1) is 0 Å². The third-order valence-corrected chi connectivity index (χ3v) is 6.60. The van der Waals surface area contributed by atoms with Crippen molar-refractivity contribution in [3.63, 3.8) is 0 Å². The van der Waals surface area contributed by atoms with Crippen LogP contribution in [-0.4, -0.2) is 44.4 Å². The first-order valence-corrected chi connectivity index (χ1v) is 9.80. The smallest absolute Gasteiger partial charge is 0.252 e. The number of hydrogen-bond donors (Lipinski definition) is 1. The summed E-state index contributed by atoms with van der Waals surface area (Å²) < 4.78 is 26.4. The van der Waals surface area contributed by atoms with E-state index in [1.165, 1.54) is 15.6 Å². The first-order valence-electron chi connectivity index (χ1n) is 6.15. The first kappa shape index (κ1) is 17.0. The number of thioether (sulfide) groups is 1. The van der Waals surface area contributed by atoms with Gasteiger partial charge in [0.05, 0.1) is 0 Å². The second-order valence-electron chi connectivity index (χ2n) is 4.58. The molecule has 110 valence electrons. The van der Waals surface area contributed by atoms with Gasteiger partial charge in [-0.2, -0.15) is 16.1 Å². The van der Waals surface area contributed by atoms with Gasteiger partial charge >= 0.3 is 0 Å². The molecule has 1 heterocycles. The molecule has 1 aromatic rings. The average Bonchev–Trinajstić information content (AvgIpc) is 2.82. The van der Waals surface area contributed by atoms with Gasteiger partial charge in [-0.3, -0.25) is 0 Å². The fourth-order valence-electron chi connectivity index (χ4n) is 1.39. The first-order chi connectivity index (χ1) is 8.87. The summed E-state index contributed by atoms with van der Waals surface area (Å²) in [4.78, 5) is 1.05. The normalized spacial score (nSPS) is 12.5. The van der Waals surface area contributed by atoms with Crippen LogP contribution in [0.2, 0.25) is 0 Å². The van der Waals surface area contributed by atoms with Crippen molar-refractivity contribution in [2.45, 2.75) is 30.6 Å². The van der Waals surface area contributed by atoms with Gasteiger partial charge in [-0.05, 0) is 18.4 Å². The maximum absolute atomic E-state index is 12.3. The molecule has 4 nitrogen and oxygen atoms in total. The highest BCUT2D eigenvalue weighted by molar-refractivity contribution is 7.98. The van der Waals surface area contributed by atoms with E-state index in [-0.39, 0.29) is 0 Å². The highest BCUT2D eigenvalue weighted by Crippen LogP contribution is 2.24.